The average molecular weight is 385 g/mol. The van der Waals surface area contributed by atoms with Crippen LogP contribution in [0.2, 0.25) is 0 Å². The van der Waals surface area contributed by atoms with Gasteiger partial charge in [0.05, 0.1) is 20.1 Å². The molecule has 1 aliphatic carbocycles. The molecule has 6 heteroatoms. The molecule has 3 aliphatic heterocycles. The van der Waals surface area contributed by atoms with Gasteiger partial charge in [-0.2, -0.15) is 0 Å². The van der Waals surface area contributed by atoms with Gasteiger partial charge in [0.15, 0.2) is 0 Å². The number of fused-ring (bicyclic) bond motifs is 4. The molecule has 0 spiro atoms. The minimum atomic E-state index is -2.37. The van der Waals surface area contributed by atoms with Gasteiger partial charge < -0.3 is 18.9 Å². The van der Waals surface area contributed by atoms with Crippen LogP contribution in [0.5, 0.6) is 5.75 Å². The Kier molecular flexibility index (Phi) is 3.24. The Morgan fingerprint density at radius 2 is 2.21 bits per heavy atom. The summed E-state index contributed by atoms with van der Waals surface area (Å²) in [7, 11) is 1.57. The molecule has 6 nitrogen and oxygen atoms in total. The molecule has 1 aromatic carbocycles. The Labute approximate surface area is 168 Å². The van der Waals surface area contributed by atoms with Crippen molar-refractivity contribution in [2.24, 2.45) is 18.8 Å². The normalized spacial score (nSPS) is 30.3. The van der Waals surface area contributed by atoms with Crippen LogP contribution in [-0.4, -0.2) is 47.6 Å². The van der Waals surface area contributed by atoms with E-state index in [4.69, 9.17) is 13.6 Å². The molecule has 148 valence electrons. The monoisotopic (exact) mass is 385 g/mol. The fourth-order valence-electron chi connectivity index (χ4n) is 5.75. The molecule has 4 atom stereocenters. The van der Waals surface area contributed by atoms with E-state index in [2.05, 4.69) is 0 Å². The first-order chi connectivity index (χ1) is 14.7. The highest BCUT2D eigenvalue weighted by Gasteiger charge is 2.52. The van der Waals surface area contributed by atoms with Crippen LogP contribution in [-0.2, 0) is 27.7 Å². The summed E-state index contributed by atoms with van der Waals surface area (Å²) >= 11 is 0. The van der Waals surface area contributed by atoms with Crippen LogP contribution in [0.3, 0.4) is 0 Å². The number of piperidine rings is 2. The maximum Gasteiger partial charge on any atom is 0.302 e. The molecule has 3 fully saturated rings. The predicted molar refractivity (Wildman–Crippen MR) is 104 cm³/mol. The Morgan fingerprint density at radius 1 is 1.36 bits per heavy atom. The van der Waals surface area contributed by atoms with Gasteiger partial charge in [0.2, 0.25) is 5.91 Å². The number of rotatable bonds is 3. The van der Waals surface area contributed by atoms with Crippen molar-refractivity contribution in [3.05, 3.63) is 29.5 Å². The summed E-state index contributed by atoms with van der Waals surface area (Å²) in [6.45, 7) is -0.0396. The average Bonchev–Trinajstić information content (AvgIpc) is 3.01. The molecule has 1 amide bonds. The van der Waals surface area contributed by atoms with E-state index in [0.717, 1.165) is 29.5 Å². The first-order valence-electron chi connectivity index (χ1n) is 11.3. The lowest BCUT2D eigenvalue weighted by Crippen LogP contribution is -2.59. The topological polar surface area (TPSA) is 60.8 Å². The second kappa shape index (κ2) is 6.26. The van der Waals surface area contributed by atoms with E-state index in [9.17, 15) is 9.59 Å². The highest BCUT2D eigenvalue weighted by molar-refractivity contribution is 5.93. The van der Waals surface area contributed by atoms with Crippen molar-refractivity contribution in [1.82, 2.24) is 9.47 Å². The summed E-state index contributed by atoms with van der Waals surface area (Å²) in [6, 6.07) is 5.21. The van der Waals surface area contributed by atoms with Crippen LogP contribution < -0.4 is 4.74 Å². The predicted octanol–water partition coefficient (Wildman–Crippen LogP) is 2.63. The molecule has 0 N–H and O–H groups in total. The van der Waals surface area contributed by atoms with Crippen LogP contribution in [0.1, 0.15) is 41.1 Å². The van der Waals surface area contributed by atoms with Crippen molar-refractivity contribution < 1.29 is 23.2 Å². The largest absolute Gasteiger partial charge is 0.497 e. The summed E-state index contributed by atoms with van der Waals surface area (Å²) in [4.78, 5) is 26.7. The van der Waals surface area contributed by atoms with Crippen molar-refractivity contribution in [2.75, 3.05) is 20.3 Å². The van der Waals surface area contributed by atoms with Crippen LogP contribution in [0.25, 0.3) is 10.9 Å². The van der Waals surface area contributed by atoms with Gasteiger partial charge in [-0.25, -0.2) is 0 Å². The second-order valence-corrected chi connectivity index (χ2v) is 8.30. The number of methoxy groups -OCH3 is 1. The zero-order chi connectivity index (χ0) is 22.1. The van der Waals surface area contributed by atoms with Crippen molar-refractivity contribution in [1.29, 1.82) is 0 Å². The molecule has 28 heavy (non-hydrogen) atoms. The molecule has 4 unspecified atom stereocenters. The standard InChI is InChI=1S/C22H26N2O4/c1-12(25)28-11-14-6-13-7-18-21(14)24(10-13)20(26)9-17-16-8-15(27-3)4-5-19(16)23(2)22(17)18/h4-5,8,13-14,18,21H,6-7,9-11H2,1-3H3/i2D3. The molecule has 4 heterocycles. The summed E-state index contributed by atoms with van der Waals surface area (Å²) in [5.41, 5.74) is 2.13. The summed E-state index contributed by atoms with van der Waals surface area (Å²) in [6.07, 6.45) is 1.89. The first-order valence-corrected chi connectivity index (χ1v) is 9.83. The molecule has 1 saturated carbocycles. The number of aromatic nitrogens is 1. The zero-order valence-electron chi connectivity index (χ0n) is 19.1. The summed E-state index contributed by atoms with van der Waals surface area (Å²) in [5.74, 6) is 0.478. The third kappa shape index (κ3) is 2.46. The van der Waals surface area contributed by atoms with Crippen molar-refractivity contribution in [2.45, 2.75) is 38.1 Å². The number of hydrogen-bond donors (Lipinski definition) is 0. The number of amides is 1. The third-order valence-corrected chi connectivity index (χ3v) is 6.75. The second-order valence-electron chi connectivity index (χ2n) is 8.30. The number of carbonyl (C=O) groups excluding carboxylic acids is 2. The molecule has 4 aliphatic rings. The molecular weight excluding hydrogens is 356 g/mol. The van der Waals surface area contributed by atoms with Gasteiger partial charge in [-0.05, 0) is 42.5 Å². The van der Waals surface area contributed by atoms with Gasteiger partial charge in [-0.1, -0.05) is 0 Å². The van der Waals surface area contributed by atoms with Crippen molar-refractivity contribution in [3.63, 3.8) is 0 Å². The van der Waals surface area contributed by atoms with Gasteiger partial charge in [0, 0.05) is 59.0 Å². The summed E-state index contributed by atoms with van der Waals surface area (Å²) in [5, 5.41) is 0.764. The molecule has 2 aromatic rings. The highest BCUT2D eigenvalue weighted by Crippen LogP contribution is 2.51. The molecule has 2 saturated heterocycles. The van der Waals surface area contributed by atoms with Crippen LogP contribution in [0.4, 0.5) is 0 Å². The minimum Gasteiger partial charge on any atom is -0.497 e. The van der Waals surface area contributed by atoms with E-state index in [1.54, 1.807) is 19.2 Å². The van der Waals surface area contributed by atoms with Crippen LogP contribution in [0.15, 0.2) is 18.2 Å². The highest BCUT2D eigenvalue weighted by atomic mass is 16.5. The van der Waals surface area contributed by atoms with E-state index in [-0.39, 0.29) is 48.7 Å². The minimum absolute atomic E-state index is 0.00824. The number of ether oxygens (including phenoxy) is 2. The third-order valence-electron chi connectivity index (χ3n) is 6.75. The van der Waals surface area contributed by atoms with E-state index in [1.165, 1.54) is 11.5 Å². The summed E-state index contributed by atoms with van der Waals surface area (Å²) < 4.78 is 37.0. The van der Waals surface area contributed by atoms with E-state index in [1.807, 2.05) is 11.0 Å². The number of carbonyl (C=O) groups is 2. The van der Waals surface area contributed by atoms with Crippen LogP contribution in [0, 0.1) is 11.8 Å². The van der Waals surface area contributed by atoms with Gasteiger partial charge in [0.25, 0.3) is 0 Å². The van der Waals surface area contributed by atoms with Gasteiger partial charge >= 0.3 is 5.97 Å². The smallest absolute Gasteiger partial charge is 0.302 e. The lowest BCUT2D eigenvalue weighted by atomic mass is 9.66. The van der Waals surface area contributed by atoms with Gasteiger partial charge in [-0.15, -0.1) is 0 Å². The number of aryl methyl sites for hydroxylation is 1. The SMILES string of the molecule is [2H]C([2H])([2H])n1c2c(c3cc(OC)ccc31)CC(=O)N1CC3CC(COC(C)=O)C1C2C3. The maximum absolute atomic E-state index is 13.4. The van der Waals surface area contributed by atoms with Crippen LogP contribution >= 0.6 is 0 Å². The number of nitrogens with zero attached hydrogens (tertiary/aromatic N) is 2. The molecule has 6 rings (SSSR count). The maximum atomic E-state index is 13.4. The van der Waals surface area contributed by atoms with Crippen molar-refractivity contribution in [3.8, 4) is 5.75 Å². The lowest BCUT2D eigenvalue weighted by Gasteiger charge is -2.53. The lowest BCUT2D eigenvalue weighted by molar-refractivity contribution is -0.150. The fourth-order valence-corrected chi connectivity index (χ4v) is 5.75. The molecule has 1 aromatic heterocycles. The van der Waals surface area contributed by atoms with Gasteiger partial charge in [-0.3, -0.25) is 9.59 Å². The van der Waals surface area contributed by atoms with E-state index in [0.29, 0.717) is 17.8 Å². The number of hydrogen-bond acceptors (Lipinski definition) is 4. The molecular formula is C22H26N2O4. The Balaban J connectivity index is 1.72. The molecule has 4 bridgehead atoms. The van der Waals surface area contributed by atoms with Gasteiger partial charge in [0.1, 0.15) is 5.75 Å². The Bertz CT molecular complexity index is 1080. The Morgan fingerprint density at radius 3 is 2.96 bits per heavy atom. The first kappa shape index (κ1) is 14.5. The Hall–Kier alpha value is -2.50. The molecule has 0 radical (unpaired) electrons. The van der Waals surface area contributed by atoms with E-state index >= 15 is 0 Å². The number of benzene rings is 1. The zero-order valence-corrected chi connectivity index (χ0v) is 16.1. The number of esters is 1. The quantitative estimate of drug-likeness (QED) is 0.762. The fraction of sp³-hybridized carbons (Fsp3) is 0.545. The van der Waals surface area contributed by atoms with Crippen molar-refractivity contribution >= 4 is 22.8 Å². The van der Waals surface area contributed by atoms with E-state index < -0.39 is 6.98 Å².